The van der Waals surface area contributed by atoms with Gasteiger partial charge in [-0.25, -0.2) is 9.37 Å². The number of hydrogen-bond donors (Lipinski definition) is 2. The van der Waals surface area contributed by atoms with Crippen LogP contribution >= 0.6 is 0 Å². The summed E-state index contributed by atoms with van der Waals surface area (Å²) in [5, 5.41) is 6.80. The zero-order valence-electron chi connectivity index (χ0n) is 17.1. The monoisotopic (exact) mass is 441 g/mol. The second-order valence-electron chi connectivity index (χ2n) is 7.32. The molecule has 4 heterocycles. The Hall–Kier alpha value is -4.09. The molecule has 4 rings (SSSR count). The number of oxazole rings is 1. The molecule has 3 N–H and O–H groups in total. The molecule has 0 aliphatic carbocycles. The Kier molecular flexibility index (Phi) is 5.67. The zero-order valence-corrected chi connectivity index (χ0v) is 17.1. The molecule has 3 aromatic rings. The lowest BCUT2D eigenvalue weighted by molar-refractivity contribution is -0.130. The van der Waals surface area contributed by atoms with E-state index in [2.05, 4.69) is 20.4 Å². The fourth-order valence-electron chi connectivity index (χ4n) is 3.53. The van der Waals surface area contributed by atoms with Crippen LogP contribution in [0.2, 0.25) is 0 Å². The van der Waals surface area contributed by atoms with E-state index in [4.69, 9.17) is 10.2 Å². The van der Waals surface area contributed by atoms with Gasteiger partial charge in [-0.05, 0) is 18.9 Å². The number of amides is 3. The number of piperidine rings is 1. The first-order valence-corrected chi connectivity index (χ1v) is 9.84. The van der Waals surface area contributed by atoms with Gasteiger partial charge in [0.2, 0.25) is 11.8 Å². The number of rotatable bonds is 5. The standard InChI is InChI=1S/C20H20FN7O4/c1-11(29)27-6-3-12(4-7-27)28-9-15(17(26-28)18(22)30)24-19(31)16-10-32-20(25-16)13-2-5-23-8-14(13)21/h2,5,8-10,12H,3-4,6-7H2,1H3,(H2,22,30)(H,24,31). The van der Waals surface area contributed by atoms with Crippen LogP contribution in [0, 0.1) is 5.82 Å². The molecule has 166 valence electrons. The van der Waals surface area contributed by atoms with Crippen molar-refractivity contribution in [1.29, 1.82) is 0 Å². The van der Waals surface area contributed by atoms with E-state index < -0.39 is 17.6 Å². The minimum Gasteiger partial charge on any atom is -0.444 e. The second-order valence-corrected chi connectivity index (χ2v) is 7.32. The summed E-state index contributed by atoms with van der Waals surface area (Å²) < 4.78 is 20.7. The summed E-state index contributed by atoms with van der Waals surface area (Å²) in [4.78, 5) is 45.4. The molecule has 1 aliphatic heterocycles. The van der Waals surface area contributed by atoms with Crippen LogP contribution in [0.25, 0.3) is 11.5 Å². The van der Waals surface area contributed by atoms with Crippen LogP contribution in [0.4, 0.5) is 10.1 Å². The molecule has 1 fully saturated rings. The summed E-state index contributed by atoms with van der Waals surface area (Å²) in [5.41, 5.74) is 5.39. The number of hydrogen-bond acceptors (Lipinski definition) is 7. The Morgan fingerprint density at radius 3 is 2.69 bits per heavy atom. The van der Waals surface area contributed by atoms with E-state index in [0.29, 0.717) is 25.9 Å². The highest BCUT2D eigenvalue weighted by Gasteiger charge is 2.26. The highest BCUT2D eigenvalue weighted by atomic mass is 19.1. The summed E-state index contributed by atoms with van der Waals surface area (Å²) in [7, 11) is 0. The van der Waals surface area contributed by atoms with Crippen LogP contribution in [0.3, 0.4) is 0 Å². The smallest absolute Gasteiger partial charge is 0.277 e. The van der Waals surface area contributed by atoms with Gasteiger partial charge in [-0.1, -0.05) is 0 Å². The number of pyridine rings is 1. The molecule has 0 spiro atoms. The van der Waals surface area contributed by atoms with E-state index in [9.17, 15) is 18.8 Å². The van der Waals surface area contributed by atoms with Crippen molar-refractivity contribution >= 4 is 23.4 Å². The van der Waals surface area contributed by atoms with E-state index >= 15 is 0 Å². The van der Waals surface area contributed by atoms with Gasteiger partial charge in [0.05, 0.1) is 23.5 Å². The van der Waals surface area contributed by atoms with Crippen molar-refractivity contribution in [3.8, 4) is 11.5 Å². The van der Waals surface area contributed by atoms with Gasteiger partial charge in [0.15, 0.2) is 17.2 Å². The molecule has 3 aromatic heterocycles. The van der Waals surface area contributed by atoms with Crippen LogP contribution in [0.1, 0.15) is 46.8 Å². The lowest BCUT2D eigenvalue weighted by Crippen LogP contribution is -2.37. The second kappa shape index (κ2) is 8.57. The Labute approximate surface area is 181 Å². The predicted octanol–water partition coefficient (Wildman–Crippen LogP) is 1.61. The highest BCUT2D eigenvalue weighted by molar-refractivity contribution is 6.07. The molecule has 0 atom stereocenters. The Morgan fingerprint density at radius 2 is 2.03 bits per heavy atom. The first-order chi connectivity index (χ1) is 15.3. The van der Waals surface area contributed by atoms with Gasteiger partial charge >= 0.3 is 0 Å². The third-order valence-electron chi connectivity index (χ3n) is 5.24. The van der Waals surface area contributed by atoms with E-state index in [1.54, 1.807) is 9.58 Å². The first-order valence-electron chi connectivity index (χ1n) is 9.84. The summed E-state index contributed by atoms with van der Waals surface area (Å²) in [5.74, 6) is -2.20. The van der Waals surface area contributed by atoms with E-state index in [0.717, 1.165) is 12.5 Å². The number of nitrogens with one attached hydrogen (secondary N) is 1. The molecule has 0 bridgehead atoms. The molecule has 3 amide bonds. The largest absolute Gasteiger partial charge is 0.444 e. The number of primary amides is 1. The van der Waals surface area contributed by atoms with Gasteiger partial charge in [0.1, 0.15) is 6.26 Å². The molecular formula is C20H20FN7O4. The average molecular weight is 441 g/mol. The van der Waals surface area contributed by atoms with Crippen LogP contribution in [-0.2, 0) is 4.79 Å². The molecule has 0 radical (unpaired) electrons. The SMILES string of the molecule is CC(=O)N1CCC(n2cc(NC(=O)c3coc(-c4ccncc4F)n3)c(C(N)=O)n2)CC1. The van der Waals surface area contributed by atoms with Gasteiger partial charge in [-0.15, -0.1) is 0 Å². The molecule has 1 aliphatic rings. The zero-order chi connectivity index (χ0) is 22.8. The summed E-state index contributed by atoms with van der Waals surface area (Å²) >= 11 is 0. The maximum absolute atomic E-state index is 13.9. The van der Waals surface area contributed by atoms with Crippen molar-refractivity contribution in [2.24, 2.45) is 5.73 Å². The Balaban J connectivity index is 1.52. The quantitative estimate of drug-likeness (QED) is 0.611. The summed E-state index contributed by atoms with van der Waals surface area (Å²) in [6.45, 7) is 2.66. The van der Waals surface area contributed by atoms with Crippen molar-refractivity contribution in [1.82, 2.24) is 24.6 Å². The van der Waals surface area contributed by atoms with Crippen molar-refractivity contribution in [3.63, 3.8) is 0 Å². The van der Waals surface area contributed by atoms with Gasteiger partial charge in [0.25, 0.3) is 11.8 Å². The molecule has 11 nitrogen and oxygen atoms in total. The number of anilines is 1. The number of nitrogens with two attached hydrogens (primary N) is 1. The minimum absolute atomic E-state index is 0.00770. The lowest BCUT2D eigenvalue weighted by atomic mass is 10.1. The van der Waals surface area contributed by atoms with E-state index in [-0.39, 0.29) is 40.5 Å². The molecule has 1 saturated heterocycles. The van der Waals surface area contributed by atoms with Crippen LogP contribution in [0.5, 0.6) is 0 Å². The molecule has 0 aromatic carbocycles. The molecule has 0 saturated carbocycles. The van der Waals surface area contributed by atoms with Crippen LogP contribution in [0.15, 0.2) is 35.3 Å². The Bertz CT molecular complexity index is 1180. The van der Waals surface area contributed by atoms with Crippen molar-refractivity contribution in [2.75, 3.05) is 18.4 Å². The fourth-order valence-corrected chi connectivity index (χ4v) is 3.53. The number of carbonyl (C=O) groups is 3. The van der Waals surface area contributed by atoms with E-state index in [1.165, 1.54) is 25.4 Å². The van der Waals surface area contributed by atoms with Gasteiger partial charge in [-0.3, -0.25) is 24.0 Å². The van der Waals surface area contributed by atoms with Gasteiger partial charge < -0.3 is 20.4 Å². The normalized spacial score (nSPS) is 14.4. The molecule has 12 heteroatoms. The molecule has 0 unspecified atom stereocenters. The maximum Gasteiger partial charge on any atom is 0.277 e. The van der Waals surface area contributed by atoms with Crippen LogP contribution in [-0.4, -0.2) is 55.5 Å². The number of likely N-dealkylation sites (tertiary alicyclic amines) is 1. The summed E-state index contributed by atoms with van der Waals surface area (Å²) in [6, 6.07) is 1.32. The third-order valence-corrected chi connectivity index (χ3v) is 5.24. The third kappa shape index (κ3) is 4.19. The van der Waals surface area contributed by atoms with Crippen LogP contribution < -0.4 is 11.1 Å². The number of halogens is 1. The molecule has 32 heavy (non-hydrogen) atoms. The fraction of sp³-hybridized carbons (Fsp3) is 0.300. The van der Waals surface area contributed by atoms with Crippen molar-refractivity contribution in [2.45, 2.75) is 25.8 Å². The lowest BCUT2D eigenvalue weighted by Gasteiger charge is -2.31. The maximum atomic E-state index is 13.9. The summed E-state index contributed by atoms with van der Waals surface area (Å²) in [6.07, 6.45) is 6.28. The predicted molar refractivity (Wildman–Crippen MR) is 109 cm³/mol. The minimum atomic E-state index is -0.806. The van der Waals surface area contributed by atoms with Crippen molar-refractivity contribution < 1.29 is 23.2 Å². The van der Waals surface area contributed by atoms with Gasteiger partial charge in [0, 0.05) is 32.4 Å². The number of aromatic nitrogens is 4. The highest BCUT2D eigenvalue weighted by Crippen LogP contribution is 2.26. The van der Waals surface area contributed by atoms with E-state index in [1.807, 2.05) is 0 Å². The van der Waals surface area contributed by atoms with Gasteiger partial charge in [-0.2, -0.15) is 5.10 Å². The number of carbonyl (C=O) groups excluding carboxylic acids is 3. The number of nitrogens with zero attached hydrogens (tertiary/aromatic N) is 5. The Morgan fingerprint density at radius 1 is 1.28 bits per heavy atom. The molecular weight excluding hydrogens is 421 g/mol. The van der Waals surface area contributed by atoms with Crippen molar-refractivity contribution in [3.05, 3.63) is 48.1 Å². The first kappa shape index (κ1) is 21.2. The topological polar surface area (TPSA) is 149 Å². The average Bonchev–Trinajstić information content (AvgIpc) is 3.42.